The van der Waals surface area contributed by atoms with Gasteiger partial charge in [0.15, 0.2) is 0 Å². The van der Waals surface area contributed by atoms with Gasteiger partial charge in [0.2, 0.25) is 0 Å². The summed E-state index contributed by atoms with van der Waals surface area (Å²) in [7, 11) is 0. The van der Waals surface area contributed by atoms with E-state index in [2.05, 4.69) is 16.6 Å². The van der Waals surface area contributed by atoms with Gasteiger partial charge in [-0.3, -0.25) is 21.4 Å². The van der Waals surface area contributed by atoms with Gasteiger partial charge in [0.1, 0.15) is 6.61 Å². The van der Waals surface area contributed by atoms with Crippen LogP contribution >= 0.6 is 0 Å². The molecule has 0 aromatic heterocycles. The molecule has 0 bridgehead atoms. The molecule has 1 aliphatic heterocycles. The standard InChI is InChI=1S/C16H31NO5.H4N2/c1-3-19-12-9-17(10-13-20-4-2)8-7-16(18)22-14-15-6-5-11-21-15;1-2/h15H,3-14H2,1-2H3;1-2H2. The molecule has 8 nitrogen and oxygen atoms in total. The van der Waals surface area contributed by atoms with Crippen molar-refractivity contribution in [2.24, 2.45) is 11.7 Å². The van der Waals surface area contributed by atoms with Crippen LogP contribution in [0.2, 0.25) is 0 Å². The van der Waals surface area contributed by atoms with Crippen LogP contribution in [0.15, 0.2) is 0 Å². The zero-order chi connectivity index (χ0) is 18.0. The van der Waals surface area contributed by atoms with Gasteiger partial charge in [0, 0.05) is 39.5 Å². The van der Waals surface area contributed by atoms with Gasteiger partial charge in [-0.2, -0.15) is 0 Å². The topological polar surface area (TPSA) is 109 Å². The summed E-state index contributed by atoms with van der Waals surface area (Å²) in [6.07, 6.45) is 2.54. The Balaban J connectivity index is 0.00000254. The molecule has 0 radical (unpaired) electrons. The van der Waals surface area contributed by atoms with Crippen molar-refractivity contribution in [3.05, 3.63) is 0 Å². The van der Waals surface area contributed by atoms with Crippen LogP contribution in [0.3, 0.4) is 0 Å². The minimum absolute atomic E-state index is 0.0935. The van der Waals surface area contributed by atoms with E-state index < -0.39 is 0 Å². The van der Waals surface area contributed by atoms with Gasteiger partial charge in [0.25, 0.3) is 0 Å². The number of nitrogens with two attached hydrogens (primary N) is 2. The fourth-order valence-corrected chi connectivity index (χ4v) is 2.29. The van der Waals surface area contributed by atoms with E-state index in [1.54, 1.807) is 0 Å². The number of ether oxygens (including phenoxy) is 4. The van der Waals surface area contributed by atoms with Crippen LogP contribution in [0.5, 0.6) is 0 Å². The number of esters is 1. The third-order valence-corrected chi connectivity index (χ3v) is 3.60. The predicted octanol–water partition coefficient (Wildman–Crippen LogP) is 0.293. The van der Waals surface area contributed by atoms with Crippen LogP contribution in [0.4, 0.5) is 0 Å². The van der Waals surface area contributed by atoms with E-state index >= 15 is 0 Å². The molecule has 0 aromatic rings. The van der Waals surface area contributed by atoms with Gasteiger partial charge < -0.3 is 18.9 Å². The maximum atomic E-state index is 11.8. The molecule has 0 saturated carbocycles. The number of hydrazine groups is 1. The lowest BCUT2D eigenvalue weighted by molar-refractivity contribution is -0.147. The smallest absolute Gasteiger partial charge is 0.307 e. The van der Waals surface area contributed by atoms with Gasteiger partial charge >= 0.3 is 5.97 Å². The van der Waals surface area contributed by atoms with Gasteiger partial charge in [-0.1, -0.05) is 0 Å². The maximum absolute atomic E-state index is 11.8. The molecule has 4 N–H and O–H groups in total. The molecule has 0 aliphatic carbocycles. The van der Waals surface area contributed by atoms with Crippen LogP contribution in [0.25, 0.3) is 0 Å². The molecule has 0 spiro atoms. The Labute approximate surface area is 145 Å². The summed E-state index contributed by atoms with van der Waals surface area (Å²) in [5.74, 6) is 7.84. The van der Waals surface area contributed by atoms with Crippen molar-refractivity contribution in [3.63, 3.8) is 0 Å². The largest absolute Gasteiger partial charge is 0.463 e. The molecule has 0 aromatic carbocycles. The molecule has 8 heteroatoms. The second kappa shape index (κ2) is 17.1. The van der Waals surface area contributed by atoms with Crippen LogP contribution in [-0.4, -0.2) is 76.2 Å². The predicted molar refractivity (Wildman–Crippen MR) is 92.4 cm³/mol. The highest BCUT2D eigenvalue weighted by Gasteiger charge is 2.17. The van der Waals surface area contributed by atoms with Gasteiger partial charge in [-0.05, 0) is 26.7 Å². The molecular weight excluding hydrogens is 314 g/mol. The van der Waals surface area contributed by atoms with Crippen molar-refractivity contribution >= 4 is 5.97 Å². The lowest BCUT2D eigenvalue weighted by Crippen LogP contribution is -2.33. The van der Waals surface area contributed by atoms with Crippen molar-refractivity contribution in [3.8, 4) is 0 Å². The Bertz CT molecular complexity index is 279. The Kier molecular flexibility index (Phi) is 16.5. The van der Waals surface area contributed by atoms with Crippen LogP contribution < -0.4 is 11.7 Å². The molecule has 0 amide bonds. The zero-order valence-electron chi connectivity index (χ0n) is 15.2. The second-order valence-electron chi connectivity index (χ2n) is 5.30. The highest BCUT2D eigenvalue weighted by molar-refractivity contribution is 5.69. The Morgan fingerprint density at radius 2 is 1.75 bits per heavy atom. The number of carbonyl (C=O) groups is 1. The molecule has 1 saturated heterocycles. The fourth-order valence-electron chi connectivity index (χ4n) is 2.29. The van der Waals surface area contributed by atoms with E-state index in [9.17, 15) is 4.79 Å². The average molecular weight is 349 g/mol. The third-order valence-electron chi connectivity index (χ3n) is 3.60. The molecule has 1 fully saturated rings. The first kappa shape index (κ1) is 23.2. The minimum atomic E-state index is -0.159. The molecular formula is C16H35N3O5. The first-order chi connectivity index (χ1) is 11.8. The van der Waals surface area contributed by atoms with Gasteiger partial charge in [-0.25, -0.2) is 0 Å². The number of nitrogens with zero attached hydrogens (tertiary/aromatic N) is 1. The molecule has 1 unspecified atom stereocenters. The van der Waals surface area contributed by atoms with Crippen molar-refractivity contribution < 1.29 is 23.7 Å². The third kappa shape index (κ3) is 12.6. The van der Waals surface area contributed by atoms with Crippen molar-refractivity contribution in [1.29, 1.82) is 0 Å². The number of carbonyl (C=O) groups excluding carboxylic acids is 1. The Hall–Kier alpha value is -0.770. The summed E-state index contributed by atoms with van der Waals surface area (Å²) in [6.45, 7) is 10.2. The lowest BCUT2D eigenvalue weighted by Gasteiger charge is -2.21. The first-order valence-electron chi connectivity index (χ1n) is 8.74. The van der Waals surface area contributed by atoms with Crippen molar-refractivity contribution in [2.45, 2.75) is 39.2 Å². The summed E-state index contributed by atoms with van der Waals surface area (Å²) in [6, 6.07) is 0. The SMILES string of the molecule is CCOCCN(CCOCC)CCC(=O)OCC1CCCO1.NN. The van der Waals surface area contributed by atoms with E-state index in [-0.39, 0.29) is 12.1 Å². The molecule has 144 valence electrons. The molecule has 1 aliphatic rings. The number of hydrogen-bond acceptors (Lipinski definition) is 8. The van der Waals surface area contributed by atoms with Crippen LogP contribution in [0, 0.1) is 0 Å². The van der Waals surface area contributed by atoms with E-state index in [1.807, 2.05) is 13.8 Å². The van der Waals surface area contributed by atoms with Crippen LogP contribution in [-0.2, 0) is 23.7 Å². The lowest BCUT2D eigenvalue weighted by atomic mass is 10.2. The highest BCUT2D eigenvalue weighted by atomic mass is 16.6. The summed E-state index contributed by atoms with van der Waals surface area (Å²) < 4.78 is 21.5. The first-order valence-corrected chi connectivity index (χ1v) is 8.74. The van der Waals surface area contributed by atoms with Crippen molar-refractivity contribution in [1.82, 2.24) is 4.90 Å². The van der Waals surface area contributed by atoms with E-state index in [1.165, 1.54) is 0 Å². The Morgan fingerprint density at radius 3 is 2.25 bits per heavy atom. The average Bonchev–Trinajstić information content (AvgIpc) is 3.13. The van der Waals surface area contributed by atoms with E-state index in [4.69, 9.17) is 18.9 Å². The van der Waals surface area contributed by atoms with Gasteiger partial charge in [-0.15, -0.1) is 0 Å². The quantitative estimate of drug-likeness (QED) is 0.211. The summed E-state index contributed by atoms with van der Waals surface area (Å²) >= 11 is 0. The summed E-state index contributed by atoms with van der Waals surface area (Å²) in [5.41, 5.74) is 0. The summed E-state index contributed by atoms with van der Waals surface area (Å²) in [5, 5.41) is 0. The molecule has 1 atom stereocenters. The summed E-state index contributed by atoms with van der Waals surface area (Å²) in [4.78, 5) is 14.0. The number of rotatable bonds is 13. The molecule has 24 heavy (non-hydrogen) atoms. The van der Waals surface area contributed by atoms with Crippen molar-refractivity contribution in [2.75, 3.05) is 59.3 Å². The molecule has 1 heterocycles. The maximum Gasteiger partial charge on any atom is 0.307 e. The fraction of sp³-hybridized carbons (Fsp3) is 0.938. The van der Waals surface area contributed by atoms with Gasteiger partial charge in [0.05, 0.1) is 25.7 Å². The molecule has 1 rings (SSSR count). The monoisotopic (exact) mass is 349 g/mol. The highest BCUT2D eigenvalue weighted by Crippen LogP contribution is 2.12. The van der Waals surface area contributed by atoms with E-state index in [0.29, 0.717) is 46.0 Å². The minimum Gasteiger partial charge on any atom is -0.463 e. The van der Waals surface area contributed by atoms with Crippen LogP contribution in [0.1, 0.15) is 33.1 Å². The Morgan fingerprint density at radius 1 is 1.12 bits per heavy atom. The second-order valence-corrected chi connectivity index (χ2v) is 5.30. The normalized spacial score (nSPS) is 16.8. The number of hydrogen-bond donors (Lipinski definition) is 2. The van der Waals surface area contributed by atoms with E-state index in [0.717, 1.165) is 32.5 Å². The zero-order valence-corrected chi connectivity index (χ0v) is 15.2.